The van der Waals surface area contributed by atoms with Gasteiger partial charge in [-0.1, -0.05) is 17.7 Å². The number of benzene rings is 1. The molecule has 0 amide bonds. The Morgan fingerprint density at radius 1 is 1.39 bits per heavy atom. The molecule has 0 aliphatic rings. The molecule has 0 aliphatic heterocycles. The van der Waals surface area contributed by atoms with Gasteiger partial charge in [0.25, 0.3) is 0 Å². The van der Waals surface area contributed by atoms with E-state index in [4.69, 9.17) is 22.1 Å². The summed E-state index contributed by atoms with van der Waals surface area (Å²) in [7, 11) is 0. The molecule has 94 valence electrons. The van der Waals surface area contributed by atoms with Gasteiger partial charge < -0.3 is 10.5 Å². The first kappa shape index (κ1) is 12.9. The predicted octanol–water partition coefficient (Wildman–Crippen LogP) is 3.42. The molecule has 0 saturated carbocycles. The second kappa shape index (κ2) is 5.85. The van der Waals surface area contributed by atoms with E-state index in [2.05, 4.69) is 4.98 Å². The van der Waals surface area contributed by atoms with Crippen molar-refractivity contribution in [3.63, 3.8) is 0 Å². The molecule has 1 aromatic heterocycles. The van der Waals surface area contributed by atoms with Gasteiger partial charge in [0, 0.05) is 17.3 Å². The van der Waals surface area contributed by atoms with Gasteiger partial charge in [-0.3, -0.25) is 4.98 Å². The van der Waals surface area contributed by atoms with Gasteiger partial charge >= 0.3 is 0 Å². The number of pyridine rings is 1. The number of hydrogen-bond donors (Lipinski definition) is 1. The predicted molar refractivity (Wildman–Crippen MR) is 73.1 cm³/mol. The maximum Gasteiger partial charge on any atom is 0.145 e. The quantitative estimate of drug-likeness (QED) is 0.918. The van der Waals surface area contributed by atoms with Crippen LogP contribution < -0.4 is 10.5 Å². The van der Waals surface area contributed by atoms with Gasteiger partial charge in [-0.25, -0.2) is 0 Å². The number of halogens is 1. The van der Waals surface area contributed by atoms with E-state index in [1.165, 1.54) is 0 Å². The minimum atomic E-state index is 0.0717. The van der Waals surface area contributed by atoms with Crippen molar-refractivity contribution in [2.75, 3.05) is 0 Å². The molecule has 4 heteroatoms. The van der Waals surface area contributed by atoms with Gasteiger partial charge in [-0.05, 0) is 43.2 Å². The highest BCUT2D eigenvalue weighted by molar-refractivity contribution is 6.30. The van der Waals surface area contributed by atoms with Crippen LogP contribution in [0, 0.1) is 0 Å². The van der Waals surface area contributed by atoms with Gasteiger partial charge in [0.15, 0.2) is 0 Å². The topological polar surface area (TPSA) is 48.1 Å². The zero-order valence-electron chi connectivity index (χ0n) is 10.1. The summed E-state index contributed by atoms with van der Waals surface area (Å²) < 4.78 is 5.79. The number of nitrogens with two attached hydrogens (primary N) is 1. The fraction of sp³-hybridized carbons (Fsp3) is 0.214. The first-order valence-electron chi connectivity index (χ1n) is 5.77. The standard InChI is InChI=1S/C14H15ClN2O/c1-10(16)7-11-4-5-12(15)8-14(11)18-13-3-2-6-17-9-13/h2-6,8-10H,7,16H2,1H3. The zero-order chi connectivity index (χ0) is 13.0. The first-order valence-corrected chi connectivity index (χ1v) is 6.15. The van der Waals surface area contributed by atoms with E-state index in [9.17, 15) is 0 Å². The Labute approximate surface area is 112 Å². The number of ether oxygens (including phenoxy) is 1. The molecule has 3 nitrogen and oxygen atoms in total. The molecule has 1 aromatic carbocycles. The SMILES string of the molecule is CC(N)Cc1ccc(Cl)cc1Oc1cccnc1. The Balaban J connectivity index is 2.27. The lowest BCUT2D eigenvalue weighted by Crippen LogP contribution is -2.18. The lowest BCUT2D eigenvalue weighted by molar-refractivity contribution is 0.471. The Morgan fingerprint density at radius 2 is 2.22 bits per heavy atom. The summed E-state index contributed by atoms with van der Waals surface area (Å²) >= 11 is 5.99. The van der Waals surface area contributed by atoms with Crippen LogP contribution in [-0.4, -0.2) is 11.0 Å². The van der Waals surface area contributed by atoms with E-state index in [-0.39, 0.29) is 6.04 Å². The van der Waals surface area contributed by atoms with Gasteiger partial charge in [0.05, 0.1) is 6.20 Å². The third-order valence-electron chi connectivity index (χ3n) is 2.43. The fourth-order valence-electron chi connectivity index (χ4n) is 1.67. The van der Waals surface area contributed by atoms with Crippen molar-refractivity contribution in [3.05, 3.63) is 53.3 Å². The summed E-state index contributed by atoms with van der Waals surface area (Å²) in [6.45, 7) is 1.96. The van der Waals surface area contributed by atoms with Gasteiger partial charge in [-0.15, -0.1) is 0 Å². The van der Waals surface area contributed by atoms with E-state index < -0.39 is 0 Å². The highest BCUT2D eigenvalue weighted by Gasteiger charge is 2.08. The molecule has 2 N–H and O–H groups in total. The molecule has 2 aromatic rings. The maximum atomic E-state index is 5.99. The van der Waals surface area contributed by atoms with Crippen LogP contribution in [0.25, 0.3) is 0 Å². The van der Waals surface area contributed by atoms with Crippen molar-refractivity contribution in [1.82, 2.24) is 4.98 Å². The molecule has 0 radical (unpaired) electrons. The second-order valence-corrected chi connectivity index (χ2v) is 4.66. The summed E-state index contributed by atoms with van der Waals surface area (Å²) in [5.74, 6) is 1.42. The summed E-state index contributed by atoms with van der Waals surface area (Å²) in [5, 5.41) is 0.641. The lowest BCUT2D eigenvalue weighted by Gasteiger charge is -2.13. The first-order chi connectivity index (χ1) is 8.65. The number of nitrogens with zero attached hydrogens (tertiary/aromatic N) is 1. The van der Waals surface area contributed by atoms with E-state index in [1.807, 2.05) is 31.2 Å². The van der Waals surface area contributed by atoms with Crippen molar-refractivity contribution >= 4 is 11.6 Å². The molecule has 0 bridgehead atoms. The number of rotatable bonds is 4. The summed E-state index contributed by atoms with van der Waals surface area (Å²) in [6.07, 6.45) is 4.11. The highest BCUT2D eigenvalue weighted by Crippen LogP contribution is 2.28. The van der Waals surface area contributed by atoms with Crippen LogP contribution in [0.15, 0.2) is 42.7 Å². The fourth-order valence-corrected chi connectivity index (χ4v) is 1.84. The van der Waals surface area contributed by atoms with Gasteiger partial charge in [0.2, 0.25) is 0 Å². The van der Waals surface area contributed by atoms with E-state index >= 15 is 0 Å². The normalized spacial score (nSPS) is 12.2. The van der Waals surface area contributed by atoms with Crippen LogP contribution in [0.3, 0.4) is 0 Å². The maximum absolute atomic E-state index is 5.99. The summed E-state index contributed by atoms with van der Waals surface area (Å²) in [6, 6.07) is 9.33. The molecule has 18 heavy (non-hydrogen) atoms. The highest BCUT2D eigenvalue weighted by atomic mass is 35.5. The van der Waals surface area contributed by atoms with Crippen LogP contribution in [0.5, 0.6) is 11.5 Å². The van der Waals surface area contributed by atoms with Crippen molar-refractivity contribution in [1.29, 1.82) is 0 Å². The molecule has 1 atom stereocenters. The van der Waals surface area contributed by atoms with E-state index in [0.717, 1.165) is 17.7 Å². The molecule has 2 rings (SSSR count). The van der Waals surface area contributed by atoms with E-state index in [0.29, 0.717) is 10.8 Å². The molecule has 0 fully saturated rings. The average molecular weight is 263 g/mol. The van der Waals surface area contributed by atoms with Crippen molar-refractivity contribution in [2.24, 2.45) is 5.73 Å². The number of hydrogen-bond acceptors (Lipinski definition) is 3. The van der Waals surface area contributed by atoms with Crippen LogP contribution in [0.2, 0.25) is 5.02 Å². The largest absolute Gasteiger partial charge is 0.455 e. The molecule has 0 spiro atoms. The molecule has 0 aliphatic carbocycles. The Bertz CT molecular complexity index is 514. The average Bonchev–Trinajstić information content (AvgIpc) is 2.33. The van der Waals surface area contributed by atoms with Gasteiger partial charge in [0.1, 0.15) is 11.5 Å². The number of aromatic nitrogens is 1. The second-order valence-electron chi connectivity index (χ2n) is 4.22. The minimum absolute atomic E-state index is 0.0717. The van der Waals surface area contributed by atoms with Crippen LogP contribution in [0.4, 0.5) is 0 Å². The molecular weight excluding hydrogens is 248 g/mol. The summed E-state index contributed by atoms with van der Waals surface area (Å²) in [5.41, 5.74) is 6.86. The molecule has 0 saturated heterocycles. The molecule has 1 heterocycles. The van der Waals surface area contributed by atoms with Crippen molar-refractivity contribution < 1.29 is 4.74 Å². The smallest absolute Gasteiger partial charge is 0.145 e. The van der Waals surface area contributed by atoms with Crippen LogP contribution in [-0.2, 0) is 6.42 Å². The summed E-state index contributed by atoms with van der Waals surface area (Å²) in [4.78, 5) is 4.01. The zero-order valence-corrected chi connectivity index (χ0v) is 10.9. The lowest BCUT2D eigenvalue weighted by atomic mass is 10.1. The van der Waals surface area contributed by atoms with Crippen molar-refractivity contribution in [2.45, 2.75) is 19.4 Å². The van der Waals surface area contributed by atoms with Crippen molar-refractivity contribution in [3.8, 4) is 11.5 Å². The molecular formula is C14H15ClN2O. The Morgan fingerprint density at radius 3 is 2.89 bits per heavy atom. The van der Waals surface area contributed by atoms with Crippen LogP contribution in [0.1, 0.15) is 12.5 Å². The monoisotopic (exact) mass is 262 g/mol. The molecule has 1 unspecified atom stereocenters. The van der Waals surface area contributed by atoms with E-state index in [1.54, 1.807) is 18.5 Å². The van der Waals surface area contributed by atoms with Crippen LogP contribution >= 0.6 is 11.6 Å². The minimum Gasteiger partial charge on any atom is -0.455 e. The van der Waals surface area contributed by atoms with Gasteiger partial charge in [-0.2, -0.15) is 0 Å². The third-order valence-corrected chi connectivity index (χ3v) is 2.67. The Kier molecular flexibility index (Phi) is 4.18. The third kappa shape index (κ3) is 3.45. The Hall–Kier alpha value is -1.58.